The Bertz CT molecular complexity index is 797. The average molecular weight is 472 g/mol. The van der Waals surface area contributed by atoms with Gasteiger partial charge in [0.2, 0.25) is 0 Å². The van der Waals surface area contributed by atoms with Gasteiger partial charge in [0.05, 0.1) is 21.8 Å². The van der Waals surface area contributed by atoms with Crippen LogP contribution in [0, 0.1) is 40.1 Å². The van der Waals surface area contributed by atoms with E-state index in [4.69, 9.17) is 9.47 Å². The molecule has 0 spiro atoms. The van der Waals surface area contributed by atoms with Gasteiger partial charge >= 0.3 is 17.9 Å². The van der Waals surface area contributed by atoms with Crippen molar-refractivity contribution in [3.63, 3.8) is 0 Å². The Kier molecular flexibility index (Phi) is 4.13. The molecule has 4 rings (SSSR count). The fourth-order valence-electron chi connectivity index (χ4n) is 4.92. The van der Waals surface area contributed by atoms with Crippen LogP contribution < -0.4 is 4.74 Å². The monoisotopic (exact) mass is 472 g/mol. The molecule has 2 bridgehead atoms. The van der Waals surface area contributed by atoms with Gasteiger partial charge in [0, 0.05) is 11.8 Å². The molecule has 138 valence electrons. The summed E-state index contributed by atoms with van der Waals surface area (Å²) in [6, 6.07) is 3.13. The van der Waals surface area contributed by atoms with Gasteiger partial charge in [0.15, 0.2) is 0 Å². The Hall–Kier alpha value is -1.84. The molecule has 6 atom stereocenters. The molecular weight excluding hydrogens is 455 g/mol. The van der Waals surface area contributed by atoms with Crippen molar-refractivity contribution >= 4 is 40.5 Å². The number of rotatable bonds is 4. The molecule has 0 amide bonds. The van der Waals surface area contributed by atoms with Gasteiger partial charge in [-0.3, -0.25) is 14.4 Å². The van der Waals surface area contributed by atoms with E-state index in [9.17, 15) is 24.6 Å². The number of carboxylic acids is 1. The van der Waals surface area contributed by atoms with Gasteiger partial charge in [-0.2, -0.15) is 0 Å². The van der Waals surface area contributed by atoms with E-state index in [1.54, 1.807) is 19.1 Å². The topological polar surface area (TPSA) is 110 Å². The summed E-state index contributed by atoms with van der Waals surface area (Å²) in [6.45, 7) is 1.71. The third kappa shape index (κ3) is 2.57. The number of esters is 2. The van der Waals surface area contributed by atoms with Gasteiger partial charge in [-0.15, -0.1) is 0 Å². The first-order chi connectivity index (χ1) is 12.3. The van der Waals surface area contributed by atoms with E-state index < -0.39 is 29.7 Å². The number of carbonyl (C=O) groups is 3. The van der Waals surface area contributed by atoms with Gasteiger partial charge in [0.1, 0.15) is 17.6 Å². The lowest BCUT2D eigenvalue weighted by atomic mass is 9.73. The lowest BCUT2D eigenvalue weighted by molar-refractivity contribution is -0.151. The summed E-state index contributed by atoms with van der Waals surface area (Å²) in [5.41, 5.74) is 0.595. The van der Waals surface area contributed by atoms with Crippen LogP contribution in [0.25, 0.3) is 0 Å². The van der Waals surface area contributed by atoms with Gasteiger partial charge < -0.3 is 19.7 Å². The second-order valence-corrected chi connectivity index (χ2v) is 8.43. The maximum atomic E-state index is 12.4. The van der Waals surface area contributed by atoms with E-state index in [1.807, 2.05) is 22.6 Å². The maximum absolute atomic E-state index is 12.4. The zero-order valence-corrected chi connectivity index (χ0v) is 16.0. The molecular formula is C18H17IO7. The van der Waals surface area contributed by atoms with E-state index in [0.717, 1.165) is 0 Å². The summed E-state index contributed by atoms with van der Waals surface area (Å²) in [5.74, 6) is -3.49. The molecule has 8 heteroatoms. The number of hydrogen-bond donors (Lipinski definition) is 2. The molecule has 1 aromatic carbocycles. The number of aromatic hydroxyl groups is 1. The molecule has 1 heterocycles. The highest BCUT2D eigenvalue weighted by Crippen LogP contribution is 2.61. The van der Waals surface area contributed by atoms with E-state index in [1.165, 1.54) is 0 Å². The summed E-state index contributed by atoms with van der Waals surface area (Å²) < 4.78 is 11.4. The standard InChI is InChI=1S/C18H17IO7/c1-6-2-7(3-11(19)15(6)21)25-12(20)5-9-8-4-10-14(13(8)17(22)23)18(24)26-16(9)10/h2-3,8-10,13-14,16,21H,4-5H2,1H3,(H,22,23). The van der Waals surface area contributed by atoms with E-state index in [2.05, 4.69) is 0 Å². The number of halogens is 1. The molecule has 26 heavy (non-hydrogen) atoms. The van der Waals surface area contributed by atoms with Crippen LogP contribution in [0.15, 0.2) is 12.1 Å². The molecule has 2 aliphatic carbocycles. The Morgan fingerprint density at radius 1 is 1.35 bits per heavy atom. The number of aliphatic carboxylic acids is 1. The number of phenolic OH excluding ortho intramolecular Hbond substituents is 1. The van der Waals surface area contributed by atoms with E-state index in [0.29, 0.717) is 21.3 Å². The van der Waals surface area contributed by atoms with Gasteiger partial charge in [0.25, 0.3) is 0 Å². The summed E-state index contributed by atoms with van der Waals surface area (Å²) >= 11 is 1.95. The number of hydrogen-bond acceptors (Lipinski definition) is 6. The summed E-state index contributed by atoms with van der Waals surface area (Å²) in [6.07, 6.45) is 0.223. The summed E-state index contributed by atoms with van der Waals surface area (Å²) in [4.78, 5) is 36.0. The molecule has 3 fully saturated rings. The van der Waals surface area contributed by atoms with Crippen molar-refractivity contribution in [1.82, 2.24) is 0 Å². The zero-order chi connectivity index (χ0) is 18.7. The largest absolute Gasteiger partial charge is 0.507 e. The summed E-state index contributed by atoms with van der Waals surface area (Å²) in [7, 11) is 0. The van der Waals surface area contributed by atoms with E-state index >= 15 is 0 Å². The molecule has 7 nitrogen and oxygen atoms in total. The van der Waals surface area contributed by atoms with Crippen LogP contribution in [0.4, 0.5) is 0 Å². The van der Waals surface area contributed by atoms with Crippen LogP contribution in [-0.4, -0.2) is 34.2 Å². The average Bonchev–Trinajstić information content (AvgIpc) is 3.15. The minimum absolute atomic E-state index is 0.00607. The van der Waals surface area contributed by atoms with Gasteiger partial charge in [-0.25, -0.2) is 0 Å². The molecule has 1 saturated heterocycles. The molecule has 0 aromatic heterocycles. The Morgan fingerprint density at radius 2 is 2.08 bits per heavy atom. The quantitative estimate of drug-likeness (QED) is 0.393. The minimum Gasteiger partial charge on any atom is -0.507 e. The molecule has 0 radical (unpaired) electrons. The predicted molar refractivity (Wildman–Crippen MR) is 95.4 cm³/mol. The van der Waals surface area contributed by atoms with Crippen molar-refractivity contribution in [3.05, 3.63) is 21.3 Å². The maximum Gasteiger partial charge on any atom is 0.311 e. The molecule has 1 aromatic rings. The Balaban J connectivity index is 1.50. The number of carboxylic acid groups (broad SMARTS) is 1. The lowest BCUT2D eigenvalue weighted by Crippen LogP contribution is -2.38. The van der Waals surface area contributed by atoms with Crippen LogP contribution in [0.3, 0.4) is 0 Å². The normalized spacial score (nSPS) is 34.0. The molecule has 3 aliphatic rings. The number of aryl methyl sites for hydroxylation is 1. The first-order valence-electron chi connectivity index (χ1n) is 8.41. The summed E-state index contributed by atoms with van der Waals surface area (Å²) in [5, 5.41) is 19.3. The van der Waals surface area contributed by atoms with Crippen LogP contribution in [-0.2, 0) is 19.1 Å². The highest BCUT2D eigenvalue weighted by atomic mass is 127. The van der Waals surface area contributed by atoms with Crippen molar-refractivity contribution in [2.24, 2.45) is 29.6 Å². The minimum atomic E-state index is -0.998. The van der Waals surface area contributed by atoms with Crippen molar-refractivity contribution in [2.75, 3.05) is 0 Å². The zero-order valence-electron chi connectivity index (χ0n) is 13.8. The second-order valence-electron chi connectivity index (χ2n) is 7.27. The van der Waals surface area contributed by atoms with Gasteiger partial charge in [-0.1, -0.05) is 0 Å². The Labute approximate surface area is 162 Å². The van der Waals surface area contributed by atoms with Crippen molar-refractivity contribution < 1.29 is 34.1 Å². The highest BCUT2D eigenvalue weighted by Gasteiger charge is 2.68. The number of fused-ring (bicyclic) bond motifs is 1. The number of ether oxygens (including phenoxy) is 2. The fourth-order valence-corrected chi connectivity index (χ4v) is 5.66. The second kappa shape index (κ2) is 6.11. The third-order valence-corrected chi connectivity index (χ3v) is 6.74. The fraction of sp³-hybridized carbons (Fsp3) is 0.500. The molecule has 2 N–H and O–H groups in total. The lowest BCUT2D eigenvalue weighted by Gasteiger charge is -2.28. The molecule has 2 saturated carbocycles. The molecule has 1 aliphatic heterocycles. The van der Waals surface area contributed by atoms with Crippen LogP contribution in [0.2, 0.25) is 0 Å². The number of phenols is 1. The van der Waals surface area contributed by atoms with Crippen LogP contribution in [0.1, 0.15) is 18.4 Å². The van der Waals surface area contributed by atoms with E-state index in [-0.39, 0.29) is 36.0 Å². The van der Waals surface area contributed by atoms with Crippen molar-refractivity contribution in [3.8, 4) is 11.5 Å². The van der Waals surface area contributed by atoms with Gasteiger partial charge in [-0.05, 0) is 59.5 Å². The third-order valence-electron chi connectivity index (χ3n) is 5.92. The predicted octanol–water partition coefficient (Wildman–Crippen LogP) is 2.11. The molecule has 6 unspecified atom stereocenters. The number of carbonyl (C=O) groups excluding carboxylic acids is 2. The van der Waals surface area contributed by atoms with Crippen LogP contribution >= 0.6 is 22.6 Å². The van der Waals surface area contributed by atoms with Crippen molar-refractivity contribution in [1.29, 1.82) is 0 Å². The highest BCUT2D eigenvalue weighted by molar-refractivity contribution is 14.1. The SMILES string of the molecule is Cc1cc(OC(=O)CC2C3CC4C2OC(=O)C4C3C(=O)O)cc(I)c1O. The Morgan fingerprint density at radius 3 is 2.73 bits per heavy atom. The van der Waals surface area contributed by atoms with Crippen molar-refractivity contribution in [2.45, 2.75) is 25.9 Å². The first-order valence-corrected chi connectivity index (χ1v) is 9.49. The smallest absolute Gasteiger partial charge is 0.311 e. The van der Waals surface area contributed by atoms with Crippen LogP contribution in [0.5, 0.6) is 11.5 Å². The first kappa shape index (κ1) is 17.6. The number of benzene rings is 1.